The molecule has 66 valence electrons. The van der Waals surface area contributed by atoms with Gasteiger partial charge in [0.15, 0.2) is 0 Å². The molecule has 0 amide bonds. The molecular formula is C7H14O3S. The van der Waals surface area contributed by atoms with Gasteiger partial charge in [0, 0.05) is 18.6 Å². The molecule has 0 N–H and O–H groups in total. The Bertz CT molecular complexity index is 226. The maximum atomic E-state index is 10.9. The van der Waals surface area contributed by atoms with Crippen molar-refractivity contribution in [2.75, 3.05) is 12.0 Å². The molecule has 0 saturated carbocycles. The van der Waals surface area contributed by atoms with Crippen LogP contribution in [0.2, 0.25) is 0 Å². The first-order valence-corrected chi connectivity index (χ1v) is 5.59. The van der Waals surface area contributed by atoms with Crippen molar-refractivity contribution in [2.24, 2.45) is 5.92 Å². The van der Waals surface area contributed by atoms with E-state index >= 15 is 0 Å². The second-order valence-corrected chi connectivity index (χ2v) is 5.26. The Morgan fingerprint density at radius 2 is 1.82 bits per heavy atom. The molecule has 0 fully saturated rings. The van der Waals surface area contributed by atoms with E-state index in [9.17, 15) is 13.2 Å². The van der Waals surface area contributed by atoms with Crippen molar-refractivity contribution >= 4 is 15.6 Å². The smallest absolute Gasteiger partial charge is 0.147 e. The zero-order valence-electron chi connectivity index (χ0n) is 7.12. The highest BCUT2D eigenvalue weighted by atomic mass is 32.2. The summed E-state index contributed by atoms with van der Waals surface area (Å²) in [5.74, 6) is -0.0727. The lowest BCUT2D eigenvalue weighted by Gasteiger charge is -2.01. The van der Waals surface area contributed by atoms with E-state index in [1.165, 1.54) is 0 Å². The minimum Gasteiger partial charge on any atom is -0.299 e. The van der Waals surface area contributed by atoms with Gasteiger partial charge in [0.05, 0.1) is 5.75 Å². The summed E-state index contributed by atoms with van der Waals surface area (Å²) in [5, 5.41) is 0. The number of ketones is 1. The van der Waals surface area contributed by atoms with Gasteiger partial charge >= 0.3 is 0 Å². The molecule has 0 bridgehead atoms. The van der Waals surface area contributed by atoms with E-state index < -0.39 is 9.84 Å². The molecule has 0 aliphatic rings. The van der Waals surface area contributed by atoms with Crippen molar-refractivity contribution in [1.29, 1.82) is 0 Å². The summed E-state index contributed by atoms with van der Waals surface area (Å²) >= 11 is 0. The molecule has 0 aromatic rings. The third kappa shape index (κ3) is 6.04. The van der Waals surface area contributed by atoms with Gasteiger partial charge < -0.3 is 0 Å². The molecule has 0 rings (SSSR count). The van der Waals surface area contributed by atoms with Gasteiger partial charge in [-0.1, -0.05) is 13.8 Å². The van der Waals surface area contributed by atoms with E-state index in [-0.39, 0.29) is 23.9 Å². The Kier molecular flexibility index (Phi) is 3.72. The summed E-state index contributed by atoms with van der Waals surface area (Å²) in [5.41, 5.74) is 0. The molecule has 0 aliphatic heterocycles. The highest BCUT2D eigenvalue weighted by molar-refractivity contribution is 7.90. The number of carbonyl (C=O) groups excluding carboxylic acids is 1. The van der Waals surface area contributed by atoms with Crippen LogP contribution in [0.5, 0.6) is 0 Å². The van der Waals surface area contributed by atoms with Crippen molar-refractivity contribution in [3.8, 4) is 0 Å². The van der Waals surface area contributed by atoms with Crippen molar-refractivity contribution in [3.63, 3.8) is 0 Å². The fourth-order valence-electron chi connectivity index (χ4n) is 0.575. The average molecular weight is 178 g/mol. The van der Waals surface area contributed by atoms with Crippen molar-refractivity contribution in [1.82, 2.24) is 0 Å². The summed E-state index contributed by atoms with van der Waals surface area (Å²) in [7, 11) is -2.97. The Balaban J connectivity index is 3.83. The van der Waals surface area contributed by atoms with Crippen molar-refractivity contribution < 1.29 is 13.2 Å². The predicted molar refractivity (Wildman–Crippen MR) is 44.2 cm³/mol. The third-order valence-corrected chi connectivity index (χ3v) is 2.31. The molecule has 0 saturated heterocycles. The quantitative estimate of drug-likeness (QED) is 0.635. The lowest BCUT2D eigenvalue weighted by Crippen LogP contribution is -2.13. The number of Topliss-reactive ketones (excluding diaryl/α,β-unsaturated/α-hetero) is 1. The minimum absolute atomic E-state index is 0.00965. The summed E-state index contributed by atoms with van der Waals surface area (Å²) < 4.78 is 21.2. The van der Waals surface area contributed by atoms with E-state index in [4.69, 9.17) is 0 Å². The number of sulfone groups is 1. The van der Waals surface area contributed by atoms with E-state index in [0.29, 0.717) is 0 Å². The molecule has 0 spiro atoms. The van der Waals surface area contributed by atoms with Crippen LogP contribution in [0.4, 0.5) is 0 Å². The summed E-state index contributed by atoms with van der Waals surface area (Å²) in [6, 6.07) is 0. The van der Waals surface area contributed by atoms with Gasteiger partial charge in [0.25, 0.3) is 0 Å². The van der Waals surface area contributed by atoms with E-state index in [1.807, 2.05) is 0 Å². The number of carbonyl (C=O) groups is 1. The maximum Gasteiger partial charge on any atom is 0.147 e. The Labute approximate surface area is 67.7 Å². The molecule has 0 heterocycles. The van der Waals surface area contributed by atoms with Crippen molar-refractivity contribution in [3.05, 3.63) is 0 Å². The monoisotopic (exact) mass is 178 g/mol. The first-order chi connectivity index (χ1) is 4.83. The molecule has 3 nitrogen and oxygen atoms in total. The summed E-state index contributed by atoms with van der Waals surface area (Å²) in [6.07, 6.45) is 1.29. The summed E-state index contributed by atoms with van der Waals surface area (Å²) in [4.78, 5) is 10.9. The van der Waals surface area contributed by atoms with Crippen LogP contribution < -0.4 is 0 Å². The molecule has 0 unspecified atom stereocenters. The van der Waals surface area contributed by atoms with Crippen LogP contribution in [0.25, 0.3) is 0 Å². The molecule has 0 aromatic heterocycles. The predicted octanol–water partition coefficient (Wildman–Crippen LogP) is 0.646. The van der Waals surface area contributed by atoms with Gasteiger partial charge in [-0.25, -0.2) is 8.42 Å². The highest BCUT2D eigenvalue weighted by Crippen LogP contribution is 2.00. The van der Waals surface area contributed by atoms with Crippen LogP contribution >= 0.6 is 0 Å². The summed E-state index contributed by atoms with van der Waals surface area (Å²) in [6.45, 7) is 3.54. The zero-order valence-corrected chi connectivity index (χ0v) is 7.94. The average Bonchev–Trinajstić information content (AvgIpc) is 1.80. The zero-order chi connectivity index (χ0) is 9.07. The van der Waals surface area contributed by atoms with E-state index in [0.717, 1.165) is 6.26 Å². The van der Waals surface area contributed by atoms with Gasteiger partial charge in [0.1, 0.15) is 15.6 Å². The number of hydrogen-bond donors (Lipinski definition) is 0. The fraction of sp³-hybridized carbons (Fsp3) is 0.857. The van der Waals surface area contributed by atoms with Gasteiger partial charge in [-0.2, -0.15) is 0 Å². The van der Waals surface area contributed by atoms with E-state index in [2.05, 4.69) is 0 Å². The second kappa shape index (κ2) is 3.85. The van der Waals surface area contributed by atoms with Crippen LogP contribution in [-0.2, 0) is 14.6 Å². The maximum absolute atomic E-state index is 10.9. The largest absolute Gasteiger partial charge is 0.299 e. The van der Waals surface area contributed by atoms with Crippen LogP contribution in [-0.4, -0.2) is 26.2 Å². The Morgan fingerprint density at radius 1 is 1.36 bits per heavy atom. The SMILES string of the molecule is CC(C)C(=O)CCS(C)(=O)=O. The Hall–Kier alpha value is -0.380. The van der Waals surface area contributed by atoms with Gasteiger partial charge in [-0.15, -0.1) is 0 Å². The first-order valence-electron chi connectivity index (χ1n) is 3.53. The number of rotatable bonds is 4. The van der Waals surface area contributed by atoms with Gasteiger partial charge in [-0.3, -0.25) is 4.79 Å². The molecule has 0 radical (unpaired) electrons. The normalized spacial score (nSPS) is 12.0. The lowest BCUT2D eigenvalue weighted by atomic mass is 10.1. The number of hydrogen-bond acceptors (Lipinski definition) is 3. The van der Waals surface area contributed by atoms with Crippen LogP contribution in [0.1, 0.15) is 20.3 Å². The topological polar surface area (TPSA) is 51.2 Å². The van der Waals surface area contributed by atoms with E-state index in [1.54, 1.807) is 13.8 Å². The van der Waals surface area contributed by atoms with Crippen LogP contribution in [0, 0.1) is 5.92 Å². The molecule has 4 heteroatoms. The molecule has 0 aliphatic carbocycles. The third-order valence-electron chi connectivity index (χ3n) is 1.36. The highest BCUT2D eigenvalue weighted by Gasteiger charge is 2.10. The first kappa shape index (κ1) is 10.6. The second-order valence-electron chi connectivity index (χ2n) is 3.00. The minimum atomic E-state index is -2.97. The fourth-order valence-corrected chi connectivity index (χ4v) is 1.15. The molecule has 0 aromatic carbocycles. The standard InChI is InChI=1S/C7H14O3S/c1-6(2)7(8)4-5-11(3,9)10/h6H,4-5H2,1-3H3. The van der Waals surface area contributed by atoms with Gasteiger partial charge in [-0.05, 0) is 0 Å². The molecular weight excluding hydrogens is 164 g/mol. The lowest BCUT2D eigenvalue weighted by molar-refractivity contribution is -0.121. The molecule has 0 atom stereocenters. The van der Waals surface area contributed by atoms with Crippen LogP contribution in [0.3, 0.4) is 0 Å². The Morgan fingerprint density at radius 3 is 2.09 bits per heavy atom. The van der Waals surface area contributed by atoms with Crippen LogP contribution in [0.15, 0.2) is 0 Å². The molecule has 11 heavy (non-hydrogen) atoms. The van der Waals surface area contributed by atoms with Gasteiger partial charge in [0.2, 0.25) is 0 Å². The van der Waals surface area contributed by atoms with Crippen molar-refractivity contribution in [2.45, 2.75) is 20.3 Å².